The molecule has 0 saturated heterocycles. The fraction of sp³-hybridized carbons (Fsp3) is 0.182. The third-order valence-corrected chi connectivity index (χ3v) is 4.07. The van der Waals surface area contributed by atoms with E-state index < -0.39 is 0 Å². The van der Waals surface area contributed by atoms with Crippen molar-refractivity contribution in [2.45, 2.75) is 6.04 Å². The number of aromatic nitrogens is 1. The Morgan fingerprint density at radius 1 is 1.53 bits per heavy atom. The number of nitrogens with zero attached hydrogens (tertiary/aromatic N) is 1. The molecule has 17 heavy (non-hydrogen) atoms. The van der Waals surface area contributed by atoms with Crippen molar-refractivity contribution in [3.05, 3.63) is 44.3 Å². The molecule has 0 radical (unpaired) electrons. The minimum atomic E-state index is -0.200. The molecule has 0 fully saturated rings. The molecular weight excluding hydrogens is 324 g/mol. The summed E-state index contributed by atoms with van der Waals surface area (Å²) in [5.74, 6) is 0. The van der Waals surface area contributed by atoms with Crippen LogP contribution in [-0.2, 0) is 0 Å². The van der Waals surface area contributed by atoms with Gasteiger partial charge in [0.2, 0.25) is 0 Å². The van der Waals surface area contributed by atoms with Gasteiger partial charge in [0.05, 0.1) is 28.9 Å². The molecule has 2 rings (SSSR count). The second kappa shape index (κ2) is 5.82. The Morgan fingerprint density at radius 3 is 2.94 bits per heavy atom. The Kier molecular flexibility index (Phi) is 4.39. The van der Waals surface area contributed by atoms with Crippen LogP contribution in [0.25, 0.3) is 0 Å². The number of aliphatic hydroxyl groups is 1. The van der Waals surface area contributed by atoms with E-state index in [0.717, 1.165) is 15.9 Å². The first-order valence-corrected chi connectivity index (χ1v) is 7.02. The molecule has 1 heterocycles. The highest BCUT2D eigenvalue weighted by Gasteiger charge is 2.12. The first-order valence-electron chi connectivity index (χ1n) is 4.91. The van der Waals surface area contributed by atoms with E-state index in [9.17, 15) is 5.11 Å². The van der Waals surface area contributed by atoms with E-state index in [1.807, 2.05) is 17.5 Å². The number of hydrogen-bond donors (Lipinski definition) is 2. The third-order valence-electron chi connectivity index (χ3n) is 2.25. The molecule has 2 N–H and O–H groups in total. The molecule has 0 aliphatic rings. The SMILES string of the molecule is OCC(Nc1ccc(Cl)c(Br)c1)c1cscn1. The second-order valence-corrected chi connectivity index (χ2v) is 5.40. The summed E-state index contributed by atoms with van der Waals surface area (Å²) in [7, 11) is 0. The Morgan fingerprint density at radius 2 is 2.35 bits per heavy atom. The van der Waals surface area contributed by atoms with Crippen molar-refractivity contribution in [3.63, 3.8) is 0 Å². The lowest BCUT2D eigenvalue weighted by molar-refractivity contribution is 0.274. The van der Waals surface area contributed by atoms with Gasteiger partial charge in [0, 0.05) is 15.5 Å². The monoisotopic (exact) mass is 332 g/mol. The molecule has 1 atom stereocenters. The Labute approximate surface area is 117 Å². The fourth-order valence-corrected chi connectivity index (χ4v) is 2.50. The van der Waals surface area contributed by atoms with Crippen LogP contribution >= 0.6 is 38.9 Å². The van der Waals surface area contributed by atoms with Gasteiger partial charge in [-0.2, -0.15) is 0 Å². The van der Waals surface area contributed by atoms with Crippen molar-refractivity contribution in [3.8, 4) is 0 Å². The van der Waals surface area contributed by atoms with Crippen molar-refractivity contribution in [1.82, 2.24) is 4.98 Å². The summed E-state index contributed by atoms with van der Waals surface area (Å²) in [5.41, 5.74) is 3.47. The molecule has 6 heteroatoms. The van der Waals surface area contributed by atoms with Crippen molar-refractivity contribution in [1.29, 1.82) is 0 Å². The summed E-state index contributed by atoms with van der Waals surface area (Å²) in [5, 5.41) is 15.1. The van der Waals surface area contributed by atoms with Crippen LogP contribution in [0.5, 0.6) is 0 Å². The minimum Gasteiger partial charge on any atom is -0.394 e. The standard InChI is InChI=1S/C11H10BrClN2OS/c12-8-3-7(1-2-9(8)13)15-10(4-16)11-5-17-6-14-11/h1-3,5-6,10,15-16H,4H2. The lowest BCUT2D eigenvalue weighted by Crippen LogP contribution is -2.15. The number of rotatable bonds is 4. The normalized spacial score (nSPS) is 12.4. The maximum absolute atomic E-state index is 9.35. The van der Waals surface area contributed by atoms with E-state index in [-0.39, 0.29) is 12.6 Å². The number of halogens is 2. The molecule has 0 spiro atoms. The molecule has 0 aliphatic heterocycles. The van der Waals surface area contributed by atoms with Gasteiger partial charge in [-0.3, -0.25) is 0 Å². The van der Waals surface area contributed by atoms with Crippen molar-refractivity contribution < 1.29 is 5.11 Å². The van der Waals surface area contributed by atoms with Crippen LogP contribution in [0.15, 0.2) is 33.6 Å². The number of thiazole rings is 1. The zero-order valence-electron chi connectivity index (χ0n) is 8.73. The van der Waals surface area contributed by atoms with Crippen LogP contribution < -0.4 is 5.32 Å². The van der Waals surface area contributed by atoms with Gasteiger partial charge in [-0.25, -0.2) is 4.98 Å². The maximum atomic E-state index is 9.35. The van der Waals surface area contributed by atoms with Crippen LogP contribution in [0.3, 0.4) is 0 Å². The highest BCUT2D eigenvalue weighted by atomic mass is 79.9. The average molecular weight is 334 g/mol. The minimum absolute atomic E-state index is 0.00994. The van der Waals surface area contributed by atoms with Crippen molar-refractivity contribution >= 4 is 44.6 Å². The van der Waals surface area contributed by atoms with Gasteiger partial charge < -0.3 is 10.4 Å². The van der Waals surface area contributed by atoms with Gasteiger partial charge in [-0.05, 0) is 34.1 Å². The van der Waals surface area contributed by atoms with Gasteiger partial charge in [-0.15, -0.1) is 11.3 Å². The first-order chi connectivity index (χ1) is 8.20. The van der Waals surface area contributed by atoms with E-state index in [1.165, 1.54) is 11.3 Å². The fourth-order valence-electron chi connectivity index (χ4n) is 1.39. The number of hydrogen-bond acceptors (Lipinski definition) is 4. The zero-order valence-corrected chi connectivity index (χ0v) is 11.9. The lowest BCUT2D eigenvalue weighted by atomic mass is 10.2. The second-order valence-electron chi connectivity index (χ2n) is 3.42. The van der Waals surface area contributed by atoms with E-state index in [2.05, 4.69) is 26.2 Å². The van der Waals surface area contributed by atoms with Crippen molar-refractivity contribution in [2.24, 2.45) is 0 Å². The van der Waals surface area contributed by atoms with E-state index in [1.54, 1.807) is 11.6 Å². The Bertz CT molecular complexity index is 492. The molecule has 3 nitrogen and oxygen atoms in total. The first kappa shape index (κ1) is 12.8. The van der Waals surface area contributed by atoms with Crippen LogP contribution in [0.4, 0.5) is 5.69 Å². The highest BCUT2D eigenvalue weighted by Crippen LogP contribution is 2.27. The Balaban J connectivity index is 2.16. The summed E-state index contributed by atoms with van der Waals surface area (Å²) >= 11 is 10.8. The van der Waals surface area contributed by atoms with Gasteiger partial charge in [0.25, 0.3) is 0 Å². The summed E-state index contributed by atoms with van der Waals surface area (Å²) in [4.78, 5) is 4.18. The highest BCUT2D eigenvalue weighted by molar-refractivity contribution is 9.10. The van der Waals surface area contributed by atoms with Gasteiger partial charge in [0.1, 0.15) is 0 Å². The van der Waals surface area contributed by atoms with E-state index >= 15 is 0 Å². The van der Waals surface area contributed by atoms with Gasteiger partial charge in [-0.1, -0.05) is 11.6 Å². The number of nitrogens with one attached hydrogen (secondary N) is 1. The number of anilines is 1. The maximum Gasteiger partial charge on any atom is 0.0926 e. The number of benzene rings is 1. The average Bonchev–Trinajstić information content (AvgIpc) is 2.84. The van der Waals surface area contributed by atoms with E-state index in [4.69, 9.17) is 11.6 Å². The summed E-state index contributed by atoms with van der Waals surface area (Å²) in [6, 6.07) is 5.33. The third kappa shape index (κ3) is 3.19. The molecule has 0 saturated carbocycles. The predicted molar refractivity (Wildman–Crippen MR) is 74.7 cm³/mol. The summed E-state index contributed by atoms with van der Waals surface area (Å²) < 4.78 is 0.819. The van der Waals surface area contributed by atoms with Crippen LogP contribution in [0.2, 0.25) is 5.02 Å². The lowest BCUT2D eigenvalue weighted by Gasteiger charge is -2.15. The quantitative estimate of drug-likeness (QED) is 0.896. The molecule has 1 aromatic heterocycles. The van der Waals surface area contributed by atoms with Gasteiger partial charge in [0.15, 0.2) is 0 Å². The molecule has 0 amide bonds. The van der Waals surface area contributed by atoms with E-state index in [0.29, 0.717) is 5.02 Å². The smallest absolute Gasteiger partial charge is 0.0926 e. The molecule has 90 valence electrons. The summed E-state index contributed by atoms with van der Waals surface area (Å²) in [6.45, 7) is -0.00994. The van der Waals surface area contributed by atoms with Crippen LogP contribution in [0, 0.1) is 0 Å². The zero-order chi connectivity index (χ0) is 12.3. The molecule has 0 bridgehead atoms. The molecule has 0 aliphatic carbocycles. The molecule has 2 aromatic rings. The Hall–Kier alpha value is -0.620. The summed E-state index contributed by atoms with van der Waals surface area (Å²) in [6.07, 6.45) is 0. The number of aliphatic hydroxyl groups excluding tert-OH is 1. The van der Waals surface area contributed by atoms with Crippen LogP contribution in [-0.4, -0.2) is 16.7 Å². The molecule has 1 unspecified atom stereocenters. The van der Waals surface area contributed by atoms with Gasteiger partial charge >= 0.3 is 0 Å². The molecular formula is C11H10BrClN2OS. The topological polar surface area (TPSA) is 45.1 Å². The molecule has 1 aromatic carbocycles. The predicted octanol–water partition coefficient (Wildman–Crippen LogP) is 3.70. The van der Waals surface area contributed by atoms with Crippen molar-refractivity contribution in [2.75, 3.05) is 11.9 Å². The van der Waals surface area contributed by atoms with Crippen LogP contribution in [0.1, 0.15) is 11.7 Å². The largest absolute Gasteiger partial charge is 0.394 e.